The fourth-order valence-electron chi connectivity index (χ4n) is 3.35. The molecule has 0 aliphatic rings. The zero-order chi connectivity index (χ0) is 23.7. The lowest BCUT2D eigenvalue weighted by molar-refractivity contribution is -0.118. The fourth-order valence-corrected chi connectivity index (χ4v) is 4.39. The molecule has 3 rings (SSSR count). The van der Waals surface area contributed by atoms with Crippen molar-refractivity contribution < 1.29 is 17.9 Å². The lowest BCUT2D eigenvalue weighted by atomic mass is 9.98. The van der Waals surface area contributed by atoms with Gasteiger partial charge in [0.1, 0.15) is 5.75 Å². The summed E-state index contributed by atoms with van der Waals surface area (Å²) >= 11 is 0. The van der Waals surface area contributed by atoms with E-state index in [1.165, 1.54) is 12.1 Å². The van der Waals surface area contributed by atoms with E-state index in [2.05, 4.69) is 23.9 Å². The normalized spacial score (nSPS) is 12.2. The highest BCUT2D eigenvalue weighted by molar-refractivity contribution is 7.89. The summed E-state index contributed by atoms with van der Waals surface area (Å²) < 4.78 is 33.4. The van der Waals surface area contributed by atoms with Gasteiger partial charge in [-0.25, -0.2) is 13.1 Å². The van der Waals surface area contributed by atoms with Gasteiger partial charge >= 0.3 is 0 Å². The van der Waals surface area contributed by atoms with Gasteiger partial charge in [-0.1, -0.05) is 62.4 Å². The minimum absolute atomic E-state index is 0.130. The fraction of sp³-hybridized carbons (Fsp3) is 0.269. The molecular weight excluding hydrogens is 436 g/mol. The first-order chi connectivity index (χ1) is 15.9. The predicted molar refractivity (Wildman–Crippen MR) is 131 cm³/mol. The van der Waals surface area contributed by atoms with Gasteiger partial charge in [0.25, 0.3) is 5.91 Å². The molecule has 0 heterocycles. The molecule has 0 aliphatic carbocycles. The van der Waals surface area contributed by atoms with E-state index in [0.29, 0.717) is 30.3 Å². The number of rotatable bonds is 11. The smallest absolute Gasteiger partial charge is 0.262 e. The van der Waals surface area contributed by atoms with Crippen LogP contribution in [0.2, 0.25) is 0 Å². The predicted octanol–water partition coefficient (Wildman–Crippen LogP) is 4.74. The number of nitrogens with one attached hydrogen (secondary N) is 2. The molecule has 7 heteroatoms. The molecule has 1 unspecified atom stereocenters. The largest absolute Gasteiger partial charge is 0.483 e. The molecule has 33 heavy (non-hydrogen) atoms. The maximum atomic E-state index is 12.5. The maximum absolute atomic E-state index is 12.5. The van der Waals surface area contributed by atoms with E-state index < -0.39 is 10.0 Å². The molecule has 0 saturated carbocycles. The SMILES string of the molecule is CCC(C)c1ccccc1OCC(=O)Nc1ccc(S(=O)(=O)NCCc2ccccc2)cc1. The third kappa shape index (κ3) is 7.17. The third-order valence-corrected chi connectivity index (χ3v) is 6.89. The topological polar surface area (TPSA) is 84.5 Å². The molecular formula is C26H30N2O4S. The summed E-state index contributed by atoms with van der Waals surface area (Å²) in [6.07, 6.45) is 1.58. The summed E-state index contributed by atoms with van der Waals surface area (Å²) in [5.41, 5.74) is 2.64. The second-order valence-electron chi connectivity index (χ2n) is 7.84. The molecule has 0 aromatic heterocycles. The summed E-state index contributed by atoms with van der Waals surface area (Å²) in [7, 11) is -3.62. The molecule has 3 aromatic carbocycles. The number of hydrogen-bond acceptors (Lipinski definition) is 4. The van der Waals surface area contributed by atoms with E-state index in [4.69, 9.17) is 4.74 Å². The van der Waals surface area contributed by atoms with Crippen LogP contribution in [0, 0.1) is 0 Å². The quantitative estimate of drug-likeness (QED) is 0.428. The van der Waals surface area contributed by atoms with Gasteiger partial charge in [0, 0.05) is 12.2 Å². The molecule has 0 saturated heterocycles. The molecule has 174 valence electrons. The second kappa shape index (κ2) is 11.6. The standard InChI is InChI=1S/C26H30N2O4S/c1-3-20(2)24-11-7-8-12-25(24)32-19-26(29)28-22-13-15-23(16-14-22)33(30,31)27-18-17-21-9-5-4-6-10-21/h4-16,20,27H,3,17-19H2,1-2H3,(H,28,29). The minimum Gasteiger partial charge on any atom is -0.483 e. The third-order valence-electron chi connectivity index (χ3n) is 5.42. The number of carbonyl (C=O) groups excluding carboxylic acids is 1. The average molecular weight is 467 g/mol. The van der Waals surface area contributed by atoms with Crippen LogP contribution in [0.4, 0.5) is 5.69 Å². The number of anilines is 1. The maximum Gasteiger partial charge on any atom is 0.262 e. The van der Waals surface area contributed by atoms with Crippen LogP contribution in [0.3, 0.4) is 0 Å². The van der Waals surface area contributed by atoms with Crippen molar-refractivity contribution in [1.29, 1.82) is 0 Å². The van der Waals surface area contributed by atoms with Gasteiger partial charge in [0.15, 0.2) is 6.61 Å². The van der Waals surface area contributed by atoms with Gasteiger partial charge in [-0.15, -0.1) is 0 Å². The van der Waals surface area contributed by atoms with E-state index in [1.54, 1.807) is 12.1 Å². The first-order valence-electron chi connectivity index (χ1n) is 11.0. The van der Waals surface area contributed by atoms with E-state index in [-0.39, 0.29) is 17.4 Å². The Bertz CT molecular complexity index is 1150. The number of sulfonamides is 1. The summed E-state index contributed by atoms with van der Waals surface area (Å²) in [6, 6.07) is 23.5. The highest BCUT2D eigenvalue weighted by Gasteiger charge is 2.14. The van der Waals surface area contributed by atoms with Crippen LogP contribution >= 0.6 is 0 Å². The van der Waals surface area contributed by atoms with Gasteiger partial charge in [0.05, 0.1) is 4.90 Å². The number of benzene rings is 3. The van der Waals surface area contributed by atoms with Gasteiger partial charge in [-0.05, 0) is 60.2 Å². The Morgan fingerprint density at radius 3 is 2.30 bits per heavy atom. The Kier molecular flexibility index (Phi) is 8.63. The summed E-state index contributed by atoms with van der Waals surface area (Å²) in [6.45, 7) is 4.40. The van der Waals surface area contributed by atoms with Gasteiger partial charge in [-0.3, -0.25) is 4.79 Å². The highest BCUT2D eigenvalue weighted by Crippen LogP contribution is 2.28. The van der Waals surface area contributed by atoms with Crippen molar-refractivity contribution in [1.82, 2.24) is 4.72 Å². The van der Waals surface area contributed by atoms with Crippen LogP contribution in [0.1, 0.15) is 37.3 Å². The van der Waals surface area contributed by atoms with Gasteiger partial charge in [0.2, 0.25) is 10.0 Å². The first-order valence-corrected chi connectivity index (χ1v) is 12.5. The van der Waals surface area contributed by atoms with Crippen LogP contribution in [0.5, 0.6) is 5.75 Å². The van der Waals surface area contributed by atoms with Crippen molar-refractivity contribution in [3.63, 3.8) is 0 Å². The van der Waals surface area contributed by atoms with Crippen molar-refractivity contribution in [2.24, 2.45) is 0 Å². The molecule has 0 bridgehead atoms. The molecule has 6 nitrogen and oxygen atoms in total. The van der Waals surface area contributed by atoms with Crippen LogP contribution in [0.25, 0.3) is 0 Å². The van der Waals surface area contributed by atoms with E-state index in [0.717, 1.165) is 17.5 Å². The number of ether oxygens (including phenoxy) is 1. The lowest BCUT2D eigenvalue weighted by Gasteiger charge is -2.15. The number of para-hydroxylation sites is 1. The molecule has 2 N–H and O–H groups in total. The Morgan fingerprint density at radius 1 is 0.939 bits per heavy atom. The molecule has 0 spiro atoms. The molecule has 0 radical (unpaired) electrons. The Labute approximate surface area is 196 Å². The molecule has 0 fully saturated rings. The van der Waals surface area contributed by atoms with Crippen molar-refractivity contribution in [3.8, 4) is 5.75 Å². The van der Waals surface area contributed by atoms with E-state index >= 15 is 0 Å². The second-order valence-corrected chi connectivity index (χ2v) is 9.61. The van der Waals surface area contributed by atoms with Gasteiger partial charge < -0.3 is 10.1 Å². The van der Waals surface area contributed by atoms with Crippen LogP contribution < -0.4 is 14.8 Å². The summed E-state index contributed by atoms with van der Waals surface area (Å²) in [5.74, 6) is 0.718. The van der Waals surface area contributed by atoms with Crippen molar-refractivity contribution in [2.75, 3.05) is 18.5 Å². The van der Waals surface area contributed by atoms with Crippen molar-refractivity contribution in [3.05, 3.63) is 90.0 Å². The molecule has 3 aromatic rings. The van der Waals surface area contributed by atoms with Crippen molar-refractivity contribution >= 4 is 21.6 Å². The average Bonchev–Trinajstić information content (AvgIpc) is 2.83. The van der Waals surface area contributed by atoms with Crippen molar-refractivity contribution in [2.45, 2.75) is 37.5 Å². The Hall–Kier alpha value is -3.16. The monoisotopic (exact) mass is 466 g/mol. The summed E-state index contributed by atoms with van der Waals surface area (Å²) in [5, 5.41) is 2.74. The van der Waals surface area contributed by atoms with E-state index in [9.17, 15) is 13.2 Å². The Balaban J connectivity index is 1.52. The zero-order valence-corrected chi connectivity index (χ0v) is 19.8. The van der Waals surface area contributed by atoms with Crippen LogP contribution in [-0.4, -0.2) is 27.5 Å². The number of hydrogen-bond donors (Lipinski definition) is 2. The molecule has 0 aliphatic heterocycles. The number of carbonyl (C=O) groups is 1. The number of amides is 1. The highest BCUT2D eigenvalue weighted by atomic mass is 32.2. The molecule has 1 amide bonds. The van der Waals surface area contributed by atoms with Crippen LogP contribution in [0.15, 0.2) is 83.8 Å². The Morgan fingerprint density at radius 2 is 1.61 bits per heavy atom. The lowest BCUT2D eigenvalue weighted by Crippen LogP contribution is -2.26. The minimum atomic E-state index is -3.62. The summed E-state index contributed by atoms with van der Waals surface area (Å²) in [4.78, 5) is 12.5. The first kappa shape index (κ1) is 24.5. The molecule has 1 atom stereocenters. The van der Waals surface area contributed by atoms with Gasteiger partial charge in [-0.2, -0.15) is 0 Å². The van der Waals surface area contributed by atoms with Crippen LogP contribution in [-0.2, 0) is 21.2 Å². The zero-order valence-electron chi connectivity index (χ0n) is 19.0. The van der Waals surface area contributed by atoms with E-state index in [1.807, 2.05) is 54.6 Å².